The fourth-order valence-electron chi connectivity index (χ4n) is 3.45. The number of amides is 1. The minimum atomic E-state index is -0.121. The van der Waals surface area contributed by atoms with Crippen molar-refractivity contribution < 1.29 is 14.3 Å². The van der Waals surface area contributed by atoms with Crippen LogP contribution in [0.1, 0.15) is 23.3 Å². The quantitative estimate of drug-likeness (QED) is 0.847. The molecule has 1 saturated carbocycles. The number of aromatic nitrogens is 3. The molecule has 0 spiro atoms. The average Bonchev–Trinajstić information content (AvgIpc) is 3.06. The molecular formula is C17H18N4O3. The second-order valence-electron chi connectivity index (χ2n) is 5.92. The predicted molar refractivity (Wildman–Crippen MR) is 84.5 cm³/mol. The zero-order chi connectivity index (χ0) is 16.4. The maximum Gasteiger partial charge on any atom is 0.272 e. The van der Waals surface area contributed by atoms with Crippen molar-refractivity contribution in [3.05, 3.63) is 48.8 Å². The van der Waals surface area contributed by atoms with Crippen molar-refractivity contribution in [2.45, 2.75) is 31.1 Å². The van der Waals surface area contributed by atoms with Gasteiger partial charge in [-0.15, -0.1) is 0 Å². The number of rotatable bonds is 3. The van der Waals surface area contributed by atoms with Crippen LogP contribution in [0.2, 0.25) is 0 Å². The van der Waals surface area contributed by atoms with Crippen LogP contribution in [-0.2, 0) is 4.74 Å². The van der Waals surface area contributed by atoms with Crippen LogP contribution in [0.3, 0.4) is 0 Å². The molecule has 7 nitrogen and oxygen atoms in total. The summed E-state index contributed by atoms with van der Waals surface area (Å²) < 4.78 is 12.0. The topological polar surface area (TPSA) is 77.4 Å². The number of pyridine rings is 1. The van der Waals surface area contributed by atoms with Crippen molar-refractivity contribution in [2.24, 2.45) is 0 Å². The zero-order valence-corrected chi connectivity index (χ0v) is 13.1. The Labute approximate surface area is 139 Å². The van der Waals surface area contributed by atoms with Crippen molar-refractivity contribution in [3.63, 3.8) is 0 Å². The highest BCUT2D eigenvalue weighted by Gasteiger charge is 2.46. The highest BCUT2D eigenvalue weighted by Crippen LogP contribution is 2.33. The Morgan fingerprint density at radius 3 is 3.00 bits per heavy atom. The third-order valence-electron chi connectivity index (χ3n) is 4.52. The van der Waals surface area contributed by atoms with E-state index < -0.39 is 0 Å². The molecule has 2 fully saturated rings. The number of carbonyl (C=O) groups is 1. The molecule has 1 aliphatic heterocycles. The Hall–Kier alpha value is -2.54. The largest absolute Gasteiger partial charge is 0.486 e. The number of hydrogen-bond acceptors (Lipinski definition) is 6. The molecule has 0 unspecified atom stereocenters. The molecule has 2 aromatic rings. The monoisotopic (exact) mass is 326 g/mol. The summed E-state index contributed by atoms with van der Waals surface area (Å²) in [5, 5.41) is 0. The summed E-state index contributed by atoms with van der Waals surface area (Å²) in [6, 6.07) is 5.38. The summed E-state index contributed by atoms with van der Waals surface area (Å²) in [6.45, 7) is 1.08. The van der Waals surface area contributed by atoms with Gasteiger partial charge in [0, 0.05) is 18.9 Å². The van der Waals surface area contributed by atoms with E-state index in [4.69, 9.17) is 9.47 Å². The van der Waals surface area contributed by atoms with Gasteiger partial charge in [-0.25, -0.2) is 9.97 Å². The smallest absolute Gasteiger partial charge is 0.272 e. The van der Waals surface area contributed by atoms with Crippen molar-refractivity contribution in [2.75, 3.05) is 13.2 Å². The van der Waals surface area contributed by atoms with Gasteiger partial charge in [0.25, 0.3) is 5.91 Å². The van der Waals surface area contributed by atoms with Gasteiger partial charge < -0.3 is 14.4 Å². The van der Waals surface area contributed by atoms with E-state index in [9.17, 15) is 4.79 Å². The van der Waals surface area contributed by atoms with E-state index in [1.165, 1.54) is 6.33 Å². The van der Waals surface area contributed by atoms with Gasteiger partial charge in [-0.05, 0) is 31.0 Å². The molecule has 124 valence electrons. The second kappa shape index (κ2) is 6.52. The van der Waals surface area contributed by atoms with Crippen LogP contribution in [0.5, 0.6) is 5.75 Å². The molecule has 1 amide bonds. The summed E-state index contributed by atoms with van der Waals surface area (Å²) in [5.41, 5.74) is 0.419. The molecule has 1 aliphatic carbocycles. The van der Waals surface area contributed by atoms with Crippen LogP contribution < -0.4 is 4.74 Å². The molecule has 24 heavy (non-hydrogen) atoms. The third-order valence-corrected chi connectivity index (χ3v) is 4.52. The van der Waals surface area contributed by atoms with Crippen molar-refractivity contribution in [1.82, 2.24) is 19.9 Å². The van der Waals surface area contributed by atoms with Gasteiger partial charge in [0.1, 0.15) is 30.0 Å². The molecule has 3 atom stereocenters. The zero-order valence-electron chi connectivity index (χ0n) is 13.1. The first kappa shape index (κ1) is 15.0. The van der Waals surface area contributed by atoms with Gasteiger partial charge >= 0.3 is 0 Å². The Morgan fingerprint density at radius 2 is 2.21 bits per heavy atom. The standard InChI is InChI=1S/C17H18N4O3/c22-17(13-5-7-19-11-20-13)21-8-9-23-16-14(21)3-4-15(16)24-12-2-1-6-18-10-12/h1-2,5-7,10-11,14-16H,3-4,8-9H2/t14-,15-,16+/m0/s1. The minimum absolute atomic E-state index is 0.0166. The van der Waals surface area contributed by atoms with E-state index in [1.807, 2.05) is 17.0 Å². The fraction of sp³-hybridized carbons (Fsp3) is 0.412. The molecule has 0 radical (unpaired) electrons. The summed E-state index contributed by atoms with van der Waals surface area (Å²) in [4.78, 5) is 26.6. The summed E-state index contributed by atoms with van der Waals surface area (Å²) >= 11 is 0. The van der Waals surface area contributed by atoms with Gasteiger partial charge in [-0.3, -0.25) is 9.78 Å². The van der Waals surface area contributed by atoms with Gasteiger partial charge in [-0.1, -0.05) is 0 Å². The van der Waals surface area contributed by atoms with Crippen LogP contribution in [-0.4, -0.2) is 57.2 Å². The lowest BCUT2D eigenvalue weighted by Crippen LogP contribution is -2.54. The number of morpholine rings is 1. The summed E-state index contributed by atoms with van der Waals surface area (Å²) in [6.07, 6.45) is 7.90. The number of ether oxygens (including phenoxy) is 2. The molecule has 1 saturated heterocycles. The maximum absolute atomic E-state index is 12.7. The van der Waals surface area contributed by atoms with Crippen molar-refractivity contribution in [1.29, 1.82) is 0 Å². The lowest BCUT2D eigenvalue weighted by Gasteiger charge is -2.38. The normalized spacial score (nSPS) is 26.0. The lowest BCUT2D eigenvalue weighted by atomic mass is 10.1. The van der Waals surface area contributed by atoms with Crippen LogP contribution in [0.4, 0.5) is 0 Å². The fourth-order valence-corrected chi connectivity index (χ4v) is 3.45. The van der Waals surface area contributed by atoms with E-state index in [0.29, 0.717) is 18.8 Å². The first-order valence-corrected chi connectivity index (χ1v) is 8.08. The van der Waals surface area contributed by atoms with Crippen molar-refractivity contribution >= 4 is 5.91 Å². The number of nitrogens with zero attached hydrogens (tertiary/aromatic N) is 4. The van der Waals surface area contributed by atoms with E-state index in [0.717, 1.165) is 18.6 Å². The summed E-state index contributed by atoms with van der Waals surface area (Å²) in [7, 11) is 0. The maximum atomic E-state index is 12.7. The van der Waals surface area contributed by atoms with E-state index in [1.54, 1.807) is 24.7 Å². The first-order valence-electron chi connectivity index (χ1n) is 8.08. The van der Waals surface area contributed by atoms with Crippen LogP contribution in [0.25, 0.3) is 0 Å². The van der Waals surface area contributed by atoms with Crippen LogP contribution in [0, 0.1) is 0 Å². The molecule has 0 bridgehead atoms. The van der Waals surface area contributed by atoms with Crippen LogP contribution in [0.15, 0.2) is 43.1 Å². The molecular weight excluding hydrogens is 308 g/mol. The Bertz CT molecular complexity index is 697. The lowest BCUT2D eigenvalue weighted by molar-refractivity contribution is -0.0787. The molecule has 0 aromatic carbocycles. The van der Waals surface area contributed by atoms with Crippen molar-refractivity contribution in [3.8, 4) is 5.75 Å². The Balaban J connectivity index is 1.49. The van der Waals surface area contributed by atoms with Crippen LogP contribution >= 0.6 is 0 Å². The number of hydrogen-bond donors (Lipinski definition) is 0. The van der Waals surface area contributed by atoms with Gasteiger partial charge in [-0.2, -0.15) is 0 Å². The second-order valence-corrected chi connectivity index (χ2v) is 5.92. The molecule has 7 heteroatoms. The number of carbonyl (C=O) groups excluding carboxylic acids is 1. The first-order chi connectivity index (χ1) is 11.8. The molecule has 2 aliphatic rings. The summed E-state index contributed by atoms with van der Waals surface area (Å²) in [5.74, 6) is 0.656. The molecule has 2 aromatic heterocycles. The predicted octanol–water partition coefficient (Wildman–Crippen LogP) is 1.32. The molecule has 3 heterocycles. The molecule has 0 N–H and O–H groups in total. The van der Waals surface area contributed by atoms with Gasteiger partial charge in [0.15, 0.2) is 0 Å². The number of fused-ring (bicyclic) bond motifs is 1. The molecule has 4 rings (SSSR count). The highest BCUT2D eigenvalue weighted by molar-refractivity contribution is 5.92. The van der Waals surface area contributed by atoms with E-state index in [2.05, 4.69) is 15.0 Å². The third kappa shape index (κ3) is 2.82. The average molecular weight is 326 g/mol. The minimum Gasteiger partial charge on any atom is -0.486 e. The Kier molecular flexibility index (Phi) is 4.08. The SMILES string of the molecule is O=C(c1ccncn1)N1CCO[C@H]2[C@@H](Oc3cccnc3)CC[C@@H]21. The Morgan fingerprint density at radius 1 is 1.25 bits per heavy atom. The van der Waals surface area contributed by atoms with Gasteiger partial charge in [0.05, 0.1) is 18.8 Å². The van der Waals surface area contributed by atoms with Gasteiger partial charge in [0.2, 0.25) is 0 Å². The van der Waals surface area contributed by atoms with E-state index in [-0.39, 0.29) is 24.2 Å². The van der Waals surface area contributed by atoms with E-state index >= 15 is 0 Å². The highest BCUT2D eigenvalue weighted by atomic mass is 16.5.